The highest BCUT2D eigenvalue weighted by atomic mass is 15.2. The van der Waals surface area contributed by atoms with E-state index in [-0.39, 0.29) is 5.41 Å². The molecule has 0 fully saturated rings. The fourth-order valence-corrected chi connectivity index (χ4v) is 9.07. The van der Waals surface area contributed by atoms with Crippen LogP contribution in [0.4, 0.5) is 17.1 Å². The highest BCUT2D eigenvalue weighted by molar-refractivity contribution is 6.73. The Morgan fingerprint density at radius 2 is 1.00 bits per heavy atom. The standard InChI is InChI=1S/C45H30B2N3/c1-45(2)32-17-5-9-23-38(32)48(39-24-10-6-18-33(39)45)27-25-40(49-36-21-7-3-13-28(36)30-15-11-19-34(46)43(30)49)42-41(26-27)50-37-22-8-4-14-29(37)31-16-12-20-35(47-42)44(31)50/h3-26H,1-2H3. The number of hydrogen-bond acceptors (Lipinski definition) is 1. The molecule has 0 spiro atoms. The fourth-order valence-electron chi connectivity index (χ4n) is 9.07. The van der Waals surface area contributed by atoms with Crippen LogP contribution >= 0.6 is 0 Å². The van der Waals surface area contributed by atoms with Crippen molar-refractivity contribution in [2.24, 2.45) is 0 Å². The molecule has 2 aromatic heterocycles. The van der Waals surface area contributed by atoms with E-state index in [1.807, 2.05) is 6.07 Å². The van der Waals surface area contributed by atoms with Crippen molar-refractivity contribution in [2.75, 3.05) is 4.90 Å². The molecule has 3 radical (unpaired) electrons. The molecule has 0 unspecified atom stereocenters. The first-order valence-corrected chi connectivity index (χ1v) is 17.3. The van der Waals surface area contributed by atoms with Gasteiger partial charge >= 0.3 is 0 Å². The molecular formula is C45H30B2N3. The van der Waals surface area contributed by atoms with Crippen molar-refractivity contribution in [3.8, 4) is 11.4 Å². The third-order valence-corrected chi connectivity index (χ3v) is 11.2. The number of fused-ring (bicyclic) bond motifs is 10. The normalized spacial score (nSPS) is 14.2. The van der Waals surface area contributed by atoms with E-state index < -0.39 is 0 Å². The first-order valence-electron chi connectivity index (χ1n) is 17.3. The molecule has 9 aromatic rings. The second-order valence-electron chi connectivity index (χ2n) is 14.2. The number of hydrogen-bond donors (Lipinski definition) is 0. The van der Waals surface area contributed by atoms with Gasteiger partial charge in [-0.05, 0) is 53.0 Å². The SMILES string of the molecule is [B]c1cccc2c3ccccc3n(-c3cc(N4c5ccccc5C(C)(C)c5ccccc54)cc4c3[B]c3cccc5c6ccccc6n-4c35)c12. The summed E-state index contributed by atoms with van der Waals surface area (Å²) in [7, 11) is 9.31. The van der Waals surface area contributed by atoms with Crippen LogP contribution in [0, 0.1) is 0 Å². The Kier molecular flexibility index (Phi) is 5.50. The lowest BCUT2D eigenvalue weighted by atomic mass is 9.60. The van der Waals surface area contributed by atoms with E-state index in [4.69, 9.17) is 7.85 Å². The topological polar surface area (TPSA) is 13.1 Å². The third kappa shape index (κ3) is 3.52. The Morgan fingerprint density at radius 1 is 0.500 bits per heavy atom. The van der Waals surface area contributed by atoms with E-state index in [1.165, 1.54) is 60.6 Å². The minimum atomic E-state index is -0.155. The largest absolute Gasteiger partial charge is 0.310 e. The van der Waals surface area contributed by atoms with Crippen molar-refractivity contribution in [3.05, 3.63) is 157 Å². The van der Waals surface area contributed by atoms with Crippen LogP contribution in [-0.4, -0.2) is 24.3 Å². The average molecular weight is 634 g/mol. The lowest BCUT2D eigenvalue weighted by molar-refractivity contribution is 0.632. The summed E-state index contributed by atoms with van der Waals surface area (Å²) in [5.41, 5.74) is 16.0. The average Bonchev–Trinajstić information content (AvgIpc) is 3.67. The van der Waals surface area contributed by atoms with Gasteiger partial charge in [-0.25, -0.2) is 0 Å². The first-order chi connectivity index (χ1) is 24.5. The number of anilines is 3. The molecule has 7 aromatic carbocycles. The summed E-state index contributed by atoms with van der Waals surface area (Å²) < 4.78 is 4.90. The summed E-state index contributed by atoms with van der Waals surface area (Å²) in [6, 6.07) is 53.0. The number of aromatic nitrogens is 2. The zero-order valence-corrected chi connectivity index (χ0v) is 27.9. The Balaban J connectivity index is 1.33. The van der Waals surface area contributed by atoms with Crippen molar-refractivity contribution in [2.45, 2.75) is 19.3 Å². The molecule has 0 saturated heterocycles. The van der Waals surface area contributed by atoms with Gasteiger partial charge in [-0.15, -0.1) is 0 Å². The van der Waals surface area contributed by atoms with Crippen molar-refractivity contribution in [1.29, 1.82) is 0 Å². The van der Waals surface area contributed by atoms with E-state index in [0.717, 1.165) is 38.9 Å². The zero-order chi connectivity index (χ0) is 33.3. The molecule has 4 heterocycles. The van der Waals surface area contributed by atoms with Gasteiger partial charge < -0.3 is 14.0 Å². The van der Waals surface area contributed by atoms with Crippen molar-refractivity contribution in [3.63, 3.8) is 0 Å². The Bertz CT molecular complexity index is 2860. The van der Waals surface area contributed by atoms with Gasteiger partial charge in [-0.2, -0.15) is 0 Å². The van der Waals surface area contributed by atoms with E-state index in [1.54, 1.807) is 0 Å². The molecule has 0 atom stereocenters. The van der Waals surface area contributed by atoms with Crippen molar-refractivity contribution >= 4 is 92.2 Å². The molecule has 5 heteroatoms. The highest BCUT2D eigenvalue weighted by Crippen LogP contribution is 2.52. The Hall–Kier alpha value is -5.93. The van der Waals surface area contributed by atoms with E-state index >= 15 is 0 Å². The van der Waals surface area contributed by atoms with E-state index in [0.29, 0.717) is 0 Å². The van der Waals surface area contributed by atoms with Gasteiger partial charge in [0.25, 0.3) is 0 Å². The summed E-state index contributed by atoms with van der Waals surface area (Å²) in [5.74, 6) is 0. The van der Waals surface area contributed by atoms with Crippen LogP contribution < -0.4 is 21.3 Å². The van der Waals surface area contributed by atoms with Crippen molar-refractivity contribution < 1.29 is 0 Å². The molecule has 0 amide bonds. The van der Waals surface area contributed by atoms with Crippen LogP contribution in [0.3, 0.4) is 0 Å². The monoisotopic (exact) mass is 634 g/mol. The lowest BCUT2D eigenvalue weighted by Crippen LogP contribution is -2.39. The molecule has 2 aliphatic rings. The summed E-state index contributed by atoms with van der Waals surface area (Å²) in [6.45, 7) is 4.69. The van der Waals surface area contributed by atoms with Gasteiger partial charge in [0.2, 0.25) is 0 Å². The second-order valence-corrected chi connectivity index (χ2v) is 14.2. The van der Waals surface area contributed by atoms with Crippen LogP contribution in [-0.2, 0) is 5.41 Å². The summed E-state index contributed by atoms with van der Waals surface area (Å²) in [5, 5.41) is 4.87. The smallest absolute Gasteiger partial charge is 0.199 e. The van der Waals surface area contributed by atoms with Gasteiger partial charge in [-0.1, -0.05) is 134 Å². The first kappa shape index (κ1) is 28.0. The quantitative estimate of drug-likeness (QED) is 0.174. The maximum Gasteiger partial charge on any atom is 0.199 e. The molecule has 11 rings (SSSR count). The Labute approximate surface area is 292 Å². The van der Waals surface area contributed by atoms with Gasteiger partial charge in [0.05, 0.1) is 28.1 Å². The summed E-state index contributed by atoms with van der Waals surface area (Å²) >= 11 is 0. The van der Waals surface area contributed by atoms with Crippen molar-refractivity contribution in [1.82, 2.24) is 9.13 Å². The van der Waals surface area contributed by atoms with Crippen LogP contribution in [0.25, 0.3) is 55.0 Å². The van der Waals surface area contributed by atoms with Gasteiger partial charge in [0.15, 0.2) is 7.28 Å². The number of rotatable bonds is 2. The number of nitrogens with zero attached hydrogens (tertiary/aromatic N) is 3. The lowest BCUT2D eigenvalue weighted by Gasteiger charge is -2.42. The minimum absolute atomic E-state index is 0.155. The third-order valence-electron chi connectivity index (χ3n) is 11.2. The number of para-hydroxylation sites is 6. The molecular weight excluding hydrogens is 604 g/mol. The number of benzene rings is 7. The summed E-state index contributed by atoms with van der Waals surface area (Å²) in [4.78, 5) is 2.47. The predicted molar refractivity (Wildman–Crippen MR) is 212 cm³/mol. The predicted octanol–water partition coefficient (Wildman–Crippen LogP) is 8.75. The van der Waals surface area contributed by atoms with Crippen LogP contribution in [0.5, 0.6) is 0 Å². The molecule has 0 aliphatic carbocycles. The van der Waals surface area contributed by atoms with E-state index in [9.17, 15) is 0 Å². The van der Waals surface area contributed by atoms with Crippen LogP contribution in [0.15, 0.2) is 146 Å². The second kappa shape index (κ2) is 9.83. The molecule has 50 heavy (non-hydrogen) atoms. The van der Waals surface area contributed by atoms with Gasteiger partial charge in [0, 0.05) is 49.4 Å². The maximum absolute atomic E-state index is 6.92. The minimum Gasteiger partial charge on any atom is -0.310 e. The molecule has 231 valence electrons. The van der Waals surface area contributed by atoms with Gasteiger partial charge in [0.1, 0.15) is 7.85 Å². The van der Waals surface area contributed by atoms with E-state index in [2.05, 4.69) is 175 Å². The molecule has 0 N–H and O–H groups in total. The molecule has 0 bridgehead atoms. The van der Waals surface area contributed by atoms with Crippen LogP contribution in [0.2, 0.25) is 0 Å². The summed E-state index contributed by atoms with van der Waals surface area (Å²) in [6.07, 6.45) is 0. The fraction of sp³-hybridized carbons (Fsp3) is 0.0667. The van der Waals surface area contributed by atoms with Gasteiger partial charge in [-0.3, -0.25) is 0 Å². The van der Waals surface area contributed by atoms with Crippen LogP contribution in [0.1, 0.15) is 25.0 Å². The molecule has 2 aliphatic heterocycles. The molecule has 0 saturated carbocycles. The highest BCUT2D eigenvalue weighted by Gasteiger charge is 2.37. The molecule has 3 nitrogen and oxygen atoms in total. The zero-order valence-electron chi connectivity index (χ0n) is 27.9. The maximum atomic E-state index is 6.92. The Morgan fingerprint density at radius 3 is 1.64 bits per heavy atom.